The van der Waals surface area contributed by atoms with Gasteiger partial charge in [-0.25, -0.2) is 12.8 Å². The van der Waals surface area contributed by atoms with Gasteiger partial charge in [0.2, 0.25) is 0 Å². The summed E-state index contributed by atoms with van der Waals surface area (Å²) in [4.78, 5) is 3.78. The first-order valence-corrected chi connectivity index (χ1v) is 7.44. The highest BCUT2D eigenvalue weighted by Gasteiger charge is 2.11. The van der Waals surface area contributed by atoms with Crippen molar-refractivity contribution in [3.05, 3.63) is 29.8 Å². The average Bonchev–Trinajstić information content (AvgIpc) is 2.23. The van der Waals surface area contributed by atoms with Crippen molar-refractivity contribution in [2.45, 2.75) is 18.9 Å². The molecule has 1 aromatic rings. The number of rotatable bonds is 6. The molecule has 0 aliphatic rings. The maximum absolute atomic E-state index is 13.0. The second kappa shape index (κ2) is 6.07. The van der Waals surface area contributed by atoms with Crippen LogP contribution in [-0.2, 0) is 9.84 Å². The Bertz CT molecular complexity index is 462. The summed E-state index contributed by atoms with van der Waals surface area (Å²) in [5.74, 6) is -0.237. The molecule has 0 saturated carbocycles. The molecule has 0 aromatic carbocycles. The van der Waals surface area contributed by atoms with Gasteiger partial charge in [0.25, 0.3) is 0 Å². The van der Waals surface area contributed by atoms with E-state index < -0.39 is 9.84 Å². The monoisotopic (exact) mass is 260 g/mol. The Morgan fingerprint density at radius 2 is 2.18 bits per heavy atom. The first-order valence-electron chi connectivity index (χ1n) is 5.38. The fraction of sp³-hybridized carbons (Fsp3) is 0.545. The molecule has 0 amide bonds. The maximum atomic E-state index is 13.0. The highest BCUT2D eigenvalue weighted by atomic mass is 32.2. The van der Waals surface area contributed by atoms with Crippen molar-refractivity contribution in [3.63, 3.8) is 0 Å². The SMILES string of the molecule is CNC(CCCS(C)(=O)=O)c1cncc(F)c1. The lowest BCUT2D eigenvalue weighted by molar-refractivity contribution is 0.528. The normalized spacial score (nSPS) is 13.6. The lowest BCUT2D eigenvalue weighted by Gasteiger charge is -2.15. The summed E-state index contributed by atoms with van der Waals surface area (Å²) >= 11 is 0. The van der Waals surface area contributed by atoms with E-state index in [2.05, 4.69) is 10.3 Å². The van der Waals surface area contributed by atoms with Gasteiger partial charge in [-0.05, 0) is 31.5 Å². The van der Waals surface area contributed by atoms with Crippen LogP contribution in [0.15, 0.2) is 18.5 Å². The Morgan fingerprint density at radius 3 is 2.71 bits per heavy atom. The first-order chi connectivity index (χ1) is 7.92. The summed E-state index contributed by atoms with van der Waals surface area (Å²) in [7, 11) is -1.18. The molecule has 6 heteroatoms. The zero-order valence-electron chi connectivity index (χ0n) is 9.98. The molecule has 17 heavy (non-hydrogen) atoms. The lowest BCUT2D eigenvalue weighted by atomic mass is 10.0. The summed E-state index contributed by atoms with van der Waals surface area (Å²) < 4.78 is 35.0. The largest absolute Gasteiger partial charge is 0.313 e. The van der Waals surface area contributed by atoms with E-state index in [0.717, 1.165) is 11.8 Å². The van der Waals surface area contributed by atoms with Gasteiger partial charge in [0, 0.05) is 24.2 Å². The van der Waals surface area contributed by atoms with E-state index in [1.54, 1.807) is 13.2 Å². The Morgan fingerprint density at radius 1 is 1.47 bits per heavy atom. The second-order valence-corrected chi connectivity index (χ2v) is 6.31. The van der Waals surface area contributed by atoms with E-state index in [4.69, 9.17) is 0 Å². The van der Waals surface area contributed by atoms with Crippen molar-refractivity contribution in [2.75, 3.05) is 19.1 Å². The molecular formula is C11H17FN2O2S. The van der Waals surface area contributed by atoms with Gasteiger partial charge in [-0.15, -0.1) is 0 Å². The Balaban J connectivity index is 2.60. The van der Waals surface area contributed by atoms with Crippen molar-refractivity contribution in [2.24, 2.45) is 0 Å². The average molecular weight is 260 g/mol. The number of sulfone groups is 1. The number of pyridine rings is 1. The van der Waals surface area contributed by atoms with Crippen molar-refractivity contribution >= 4 is 9.84 Å². The molecular weight excluding hydrogens is 243 g/mol. The minimum atomic E-state index is -2.94. The van der Waals surface area contributed by atoms with Crippen LogP contribution in [0.5, 0.6) is 0 Å². The van der Waals surface area contributed by atoms with Gasteiger partial charge in [0.05, 0.1) is 6.20 Å². The molecule has 96 valence electrons. The predicted molar refractivity (Wildman–Crippen MR) is 64.9 cm³/mol. The van der Waals surface area contributed by atoms with Crippen LogP contribution in [0.1, 0.15) is 24.4 Å². The van der Waals surface area contributed by atoms with Gasteiger partial charge in [-0.1, -0.05) is 0 Å². The number of halogens is 1. The fourth-order valence-electron chi connectivity index (χ4n) is 1.65. The molecule has 0 aliphatic carbocycles. The Hall–Kier alpha value is -1.01. The van der Waals surface area contributed by atoms with E-state index in [0.29, 0.717) is 12.8 Å². The van der Waals surface area contributed by atoms with Crippen LogP contribution < -0.4 is 5.32 Å². The van der Waals surface area contributed by atoms with Gasteiger partial charge < -0.3 is 5.32 Å². The van der Waals surface area contributed by atoms with Crippen LogP contribution in [0, 0.1) is 5.82 Å². The van der Waals surface area contributed by atoms with Crippen molar-refractivity contribution in [3.8, 4) is 0 Å². The standard InChI is InChI=1S/C11H17FN2O2S/c1-13-11(4-3-5-17(2,15)16)9-6-10(12)8-14-7-9/h6-8,11,13H,3-5H2,1-2H3. The Labute approximate surface area is 101 Å². The van der Waals surface area contributed by atoms with Crippen molar-refractivity contribution in [1.29, 1.82) is 0 Å². The summed E-state index contributed by atoms with van der Waals surface area (Å²) in [6.45, 7) is 0. The number of nitrogens with zero attached hydrogens (tertiary/aromatic N) is 1. The second-order valence-electron chi connectivity index (χ2n) is 4.05. The van der Waals surface area contributed by atoms with Crippen molar-refractivity contribution < 1.29 is 12.8 Å². The number of nitrogens with one attached hydrogen (secondary N) is 1. The molecule has 1 aromatic heterocycles. The predicted octanol–water partition coefficient (Wildman–Crippen LogP) is 1.31. The highest BCUT2D eigenvalue weighted by molar-refractivity contribution is 7.90. The summed E-state index contributed by atoms with van der Waals surface area (Å²) in [5.41, 5.74) is 0.737. The van der Waals surface area contributed by atoms with E-state index in [-0.39, 0.29) is 17.6 Å². The van der Waals surface area contributed by atoms with Crippen LogP contribution in [0.4, 0.5) is 4.39 Å². The van der Waals surface area contributed by atoms with Crippen LogP contribution in [-0.4, -0.2) is 32.5 Å². The lowest BCUT2D eigenvalue weighted by Crippen LogP contribution is -2.18. The molecule has 0 spiro atoms. The minimum Gasteiger partial charge on any atom is -0.313 e. The minimum absolute atomic E-state index is 0.0695. The highest BCUT2D eigenvalue weighted by Crippen LogP contribution is 2.18. The van der Waals surface area contributed by atoms with Gasteiger partial charge in [-0.3, -0.25) is 4.98 Å². The van der Waals surface area contributed by atoms with Gasteiger partial charge in [0.15, 0.2) is 0 Å². The Kier molecular flexibility index (Phi) is 5.02. The molecule has 1 atom stereocenters. The van der Waals surface area contributed by atoms with Gasteiger partial charge in [-0.2, -0.15) is 0 Å². The summed E-state index contributed by atoms with van der Waals surface area (Å²) in [5, 5.41) is 3.03. The third kappa shape index (κ3) is 5.23. The zero-order valence-corrected chi connectivity index (χ0v) is 10.8. The topological polar surface area (TPSA) is 59.1 Å². The van der Waals surface area contributed by atoms with Crippen molar-refractivity contribution in [1.82, 2.24) is 10.3 Å². The molecule has 0 fully saturated rings. The van der Waals surface area contributed by atoms with Gasteiger partial charge >= 0.3 is 0 Å². The molecule has 1 unspecified atom stereocenters. The molecule has 1 heterocycles. The van der Waals surface area contributed by atoms with E-state index in [1.807, 2.05) is 0 Å². The molecule has 0 saturated heterocycles. The third-order valence-electron chi connectivity index (χ3n) is 2.48. The molecule has 4 nitrogen and oxygen atoms in total. The van der Waals surface area contributed by atoms with Crippen LogP contribution in [0.2, 0.25) is 0 Å². The summed E-state index contributed by atoms with van der Waals surface area (Å²) in [6.07, 6.45) is 5.12. The molecule has 1 N–H and O–H groups in total. The number of hydrogen-bond donors (Lipinski definition) is 1. The summed E-state index contributed by atoms with van der Waals surface area (Å²) in [6, 6.07) is 1.34. The van der Waals surface area contributed by atoms with E-state index in [1.165, 1.54) is 12.3 Å². The first kappa shape index (κ1) is 14.1. The van der Waals surface area contributed by atoms with Gasteiger partial charge in [0.1, 0.15) is 15.7 Å². The zero-order chi connectivity index (χ0) is 12.9. The molecule has 0 radical (unpaired) electrons. The maximum Gasteiger partial charge on any atom is 0.147 e. The molecule has 1 rings (SSSR count). The van der Waals surface area contributed by atoms with Crippen LogP contribution in [0.3, 0.4) is 0 Å². The number of aromatic nitrogens is 1. The smallest absolute Gasteiger partial charge is 0.147 e. The van der Waals surface area contributed by atoms with Crippen LogP contribution in [0.25, 0.3) is 0 Å². The fourth-order valence-corrected chi connectivity index (χ4v) is 2.34. The van der Waals surface area contributed by atoms with Crippen LogP contribution >= 0.6 is 0 Å². The number of hydrogen-bond acceptors (Lipinski definition) is 4. The molecule has 0 aliphatic heterocycles. The van der Waals surface area contributed by atoms with E-state index in [9.17, 15) is 12.8 Å². The third-order valence-corrected chi connectivity index (χ3v) is 3.52. The molecule has 0 bridgehead atoms. The van der Waals surface area contributed by atoms with E-state index >= 15 is 0 Å². The quantitative estimate of drug-likeness (QED) is 0.837.